The van der Waals surface area contributed by atoms with E-state index in [1.54, 1.807) is 25.7 Å². The SMILES string of the molecule is C.CC.CC1CCC(C2CCC(PP)CC2)CC1.N. The predicted molar refractivity (Wildman–Crippen MR) is 98.0 cm³/mol. The average Bonchev–Trinajstić information content (AvgIpc) is 2.42. The van der Waals surface area contributed by atoms with Crippen molar-refractivity contribution in [1.29, 1.82) is 0 Å². The molecule has 19 heavy (non-hydrogen) atoms. The smallest absolute Gasteiger partial charge is 0.0202 e. The van der Waals surface area contributed by atoms with Crippen LogP contribution in [0.5, 0.6) is 0 Å². The van der Waals surface area contributed by atoms with E-state index in [4.69, 9.17) is 0 Å². The fraction of sp³-hybridized carbons (Fsp3) is 1.00. The molecule has 3 N–H and O–H groups in total. The van der Waals surface area contributed by atoms with Gasteiger partial charge in [-0.25, -0.2) is 0 Å². The lowest BCUT2D eigenvalue weighted by atomic mass is 9.71. The van der Waals surface area contributed by atoms with E-state index in [0.29, 0.717) is 0 Å². The summed E-state index contributed by atoms with van der Waals surface area (Å²) in [6.45, 7) is 6.43. The minimum atomic E-state index is 0. The number of hydrogen-bond acceptors (Lipinski definition) is 1. The lowest BCUT2D eigenvalue weighted by Gasteiger charge is -2.37. The van der Waals surface area contributed by atoms with Crippen molar-refractivity contribution in [1.82, 2.24) is 6.15 Å². The van der Waals surface area contributed by atoms with Gasteiger partial charge in [0, 0.05) is 0 Å². The Morgan fingerprint density at radius 3 is 1.53 bits per heavy atom. The highest BCUT2D eigenvalue weighted by Crippen LogP contribution is 2.44. The van der Waals surface area contributed by atoms with E-state index in [1.807, 2.05) is 13.8 Å². The molecule has 0 radical (unpaired) electrons. The zero-order chi connectivity index (χ0) is 12.7. The molecule has 0 spiro atoms. The zero-order valence-corrected chi connectivity index (χ0v) is 14.9. The Labute approximate surface area is 126 Å². The van der Waals surface area contributed by atoms with Gasteiger partial charge in [-0.3, -0.25) is 0 Å². The highest BCUT2D eigenvalue weighted by molar-refractivity contribution is 8.03. The minimum Gasteiger partial charge on any atom is -0.344 e. The highest BCUT2D eigenvalue weighted by atomic mass is 32.0. The van der Waals surface area contributed by atoms with E-state index >= 15 is 0 Å². The molecule has 2 atom stereocenters. The molecule has 0 bridgehead atoms. The molecule has 0 aromatic carbocycles. The Kier molecular flexibility index (Phi) is 14.6. The maximum absolute atomic E-state index is 2.96. The summed E-state index contributed by atoms with van der Waals surface area (Å²) in [7, 11) is 4.08. The van der Waals surface area contributed by atoms with Gasteiger partial charge in [0.15, 0.2) is 0 Å². The molecule has 2 fully saturated rings. The van der Waals surface area contributed by atoms with Crippen LogP contribution in [-0.4, -0.2) is 5.66 Å². The molecule has 0 aromatic heterocycles. The van der Waals surface area contributed by atoms with Crippen LogP contribution in [0.25, 0.3) is 0 Å². The Morgan fingerprint density at radius 2 is 1.16 bits per heavy atom. The summed E-state index contributed by atoms with van der Waals surface area (Å²) in [5.41, 5.74) is 1.06. The van der Waals surface area contributed by atoms with Gasteiger partial charge in [0.1, 0.15) is 0 Å². The standard InChI is InChI=1S/C13H26P2.C2H6.CH4.H3N/c1-10-2-4-11(5-3-10)12-6-8-13(15-14)9-7-12;1-2;;/h10-13,15H,2-9,14H2,1H3;1-2H3;1H4;1H3. The Bertz CT molecular complexity index is 183. The van der Waals surface area contributed by atoms with Crippen molar-refractivity contribution in [2.24, 2.45) is 17.8 Å². The quantitative estimate of drug-likeness (QED) is 0.568. The molecule has 1 nitrogen and oxygen atoms in total. The molecule has 2 saturated carbocycles. The summed E-state index contributed by atoms with van der Waals surface area (Å²) in [6.07, 6.45) is 12.2. The van der Waals surface area contributed by atoms with Gasteiger partial charge in [-0.1, -0.05) is 49.3 Å². The zero-order valence-electron chi connectivity index (χ0n) is 12.8. The second kappa shape index (κ2) is 12.6. The van der Waals surface area contributed by atoms with Crippen LogP contribution >= 0.6 is 17.2 Å². The predicted octanol–water partition coefficient (Wildman–Crippen LogP) is 6.66. The summed E-state index contributed by atoms with van der Waals surface area (Å²) in [6, 6.07) is 0. The third-order valence-corrected chi connectivity index (χ3v) is 7.20. The van der Waals surface area contributed by atoms with Gasteiger partial charge in [0.2, 0.25) is 0 Å². The van der Waals surface area contributed by atoms with Crippen LogP contribution in [0, 0.1) is 17.8 Å². The van der Waals surface area contributed by atoms with Crippen molar-refractivity contribution in [3.05, 3.63) is 0 Å². The highest BCUT2D eigenvalue weighted by Gasteiger charge is 2.29. The van der Waals surface area contributed by atoms with Crippen molar-refractivity contribution in [3.8, 4) is 0 Å². The van der Waals surface area contributed by atoms with E-state index in [-0.39, 0.29) is 13.6 Å². The summed E-state index contributed by atoms with van der Waals surface area (Å²) in [4.78, 5) is 0. The lowest BCUT2D eigenvalue weighted by molar-refractivity contribution is 0.174. The topological polar surface area (TPSA) is 35.0 Å². The molecule has 0 aliphatic heterocycles. The lowest BCUT2D eigenvalue weighted by Crippen LogP contribution is -2.25. The van der Waals surface area contributed by atoms with Gasteiger partial charge >= 0.3 is 0 Å². The first kappa shape index (κ1) is 22.1. The fourth-order valence-electron chi connectivity index (χ4n) is 3.51. The first-order chi connectivity index (χ1) is 8.29. The van der Waals surface area contributed by atoms with E-state index < -0.39 is 0 Å². The van der Waals surface area contributed by atoms with Gasteiger partial charge in [-0.15, -0.1) is 8.93 Å². The van der Waals surface area contributed by atoms with Gasteiger partial charge in [0.05, 0.1) is 0 Å². The largest absolute Gasteiger partial charge is 0.344 e. The van der Waals surface area contributed by atoms with Crippen LogP contribution in [-0.2, 0) is 0 Å². The molecule has 118 valence electrons. The van der Waals surface area contributed by atoms with Crippen LogP contribution in [0.3, 0.4) is 0 Å². The van der Waals surface area contributed by atoms with Crippen LogP contribution in [0.15, 0.2) is 0 Å². The normalized spacial score (nSPS) is 34.7. The molecular formula is C16H39NP2. The van der Waals surface area contributed by atoms with Gasteiger partial charge in [0.25, 0.3) is 0 Å². The first-order valence-corrected chi connectivity index (χ1v) is 10.6. The molecule has 0 amide bonds. The van der Waals surface area contributed by atoms with Gasteiger partial charge in [-0.2, -0.15) is 0 Å². The Hall–Kier alpha value is 0.820. The molecule has 2 unspecified atom stereocenters. The van der Waals surface area contributed by atoms with E-state index in [2.05, 4.69) is 15.9 Å². The molecule has 0 heterocycles. The van der Waals surface area contributed by atoms with Crippen LogP contribution in [0.1, 0.15) is 79.6 Å². The summed E-state index contributed by atoms with van der Waals surface area (Å²) >= 11 is 0. The summed E-state index contributed by atoms with van der Waals surface area (Å²) in [5, 5.41) is 0. The maximum Gasteiger partial charge on any atom is -0.0202 e. The molecule has 2 rings (SSSR count). The first-order valence-electron chi connectivity index (χ1n) is 7.75. The van der Waals surface area contributed by atoms with Crippen molar-refractivity contribution in [2.45, 2.75) is 85.2 Å². The van der Waals surface area contributed by atoms with Gasteiger partial charge in [-0.05, 0) is 61.9 Å². The Balaban J connectivity index is 0. The fourth-order valence-corrected chi connectivity index (χ4v) is 5.18. The second-order valence-corrected chi connectivity index (χ2v) is 7.95. The van der Waals surface area contributed by atoms with Crippen LogP contribution < -0.4 is 6.15 Å². The molecule has 0 saturated heterocycles. The van der Waals surface area contributed by atoms with E-state index in [0.717, 1.165) is 31.7 Å². The number of rotatable bonds is 2. The molecular weight excluding hydrogens is 268 g/mol. The van der Waals surface area contributed by atoms with Crippen molar-refractivity contribution >= 4 is 17.2 Å². The maximum atomic E-state index is 2.96. The van der Waals surface area contributed by atoms with Crippen molar-refractivity contribution in [2.75, 3.05) is 0 Å². The van der Waals surface area contributed by atoms with Crippen molar-refractivity contribution < 1.29 is 0 Å². The summed E-state index contributed by atoms with van der Waals surface area (Å²) in [5.74, 6) is 3.23. The molecule has 0 aromatic rings. The molecule has 3 heteroatoms. The van der Waals surface area contributed by atoms with E-state index in [9.17, 15) is 0 Å². The van der Waals surface area contributed by atoms with E-state index in [1.165, 1.54) is 25.7 Å². The number of hydrogen-bond donors (Lipinski definition) is 1. The third-order valence-electron chi connectivity index (χ3n) is 4.73. The van der Waals surface area contributed by atoms with Gasteiger partial charge < -0.3 is 6.15 Å². The van der Waals surface area contributed by atoms with Crippen LogP contribution in [0.4, 0.5) is 0 Å². The molecule has 2 aliphatic rings. The Morgan fingerprint density at radius 1 is 0.789 bits per heavy atom. The minimum absolute atomic E-state index is 0. The monoisotopic (exact) mass is 307 g/mol. The average molecular weight is 307 g/mol. The van der Waals surface area contributed by atoms with Crippen LogP contribution in [0.2, 0.25) is 0 Å². The second-order valence-electron chi connectivity index (χ2n) is 5.80. The van der Waals surface area contributed by atoms with Crippen molar-refractivity contribution in [3.63, 3.8) is 0 Å². The summed E-state index contributed by atoms with van der Waals surface area (Å²) < 4.78 is 0. The molecule has 2 aliphatic carbocycles. The third kappa shape index (κ3) is 7.40.